The molecule has 1 aliphatic rings. The Labute approximate surface area is 168 Å². The van der Waals surface area contributed by atoms with Gasteiger partial charge in [-0.25, -0.2) is 13.5 Å². The number of ether oxygens (including phenoxy) is 1. The van der Waals surface area contributed by atoms with E-state index in [1.165, 1.54) is 16.8 Å². The molecule has 5 nitrogen and oxygen atoms in total. The van der Waals surface area contributed by atoms with Crippen molar-refractivity contribution in [3.8, 4) is 16.9 Å². The van der Waals surface area contributed by atoms with Gasteiger partial charge in [-0.15, -0.1) is 0 Å². The summed E-state index contributed by atoms with van der Waals surface area (Å²) in [6.07, 6.45) is 1.78. The molecule has 2 aromatic carbocycles. The molecule has 3 aromatic rings. The maximum absolute atomic E-state index is 14.4. The molecule has 1 atom stereocenters. The summed E-state index contributed by atoms with van der Waals surface area (Å²) in [5, 5.41) is 14.3. The van der Waals surface area contributed by atoms with Gasteiger partial charge in [-0.3, -0.25) is 4.90 Å². The highest BCUT2D eigenvalue weighted by Gasteiger charge is 2.25. The summed E-state index contributed by atoms with van der Waals surface area (Å²) in [5.74, 6) is -1.30. The topological polar surface area (TPSA) is 50.5 Å². The van der Waals surface area contributed by atoms with Gasteiger partial charge in [-0.05, 0) is 24.6 Å². The van der Waals surface area contributed by atoms with Gasteiger partial charge in [0.2, 0.25) is 0 Å². The van der Waals surface area contributed by atoms with Crippen molar-refractivity contribution >= 4 is 0 Å². The van der Waals surface area contributed by atoms with Crippen LogP contribution in [0.2, 0.25) is 0 Å². The number of aryl methyl sites for hydroxylation is 1. The van der Waals surface area contributed by atoms with Gasteiger partial charge in [0, 0.05) is 36.5 Å². The van der Waals surface area contributed by atoms with Crippen LogP contribution in [0.4, 0.5) is 8.78 Å². The van der Waals surface area contributed by atoms with Gasteiger partial charge in [0.15, 0.2) is 5.82 Å². The lowest BCUT2D eigenvalue weighted by Gasteiger charge is -2.34. The number of aliphatic hydroxyl groups excluding tert-OH is 1. The fraction of sp³-hybridized carbons (Fsp3) is 0.318. The van der Waals surface area contributed by atoms with Crippen LogP contribution in [0.15, 0.2) is 48.7 Å². The summed E-state index contributed by atoms with van der Waals surface area (Å²) in [6.45, 7) is 4.30. The van der Waals surface area contributed by atoms with E-state index in [0.717, 1.165) is 28.5 Å². The number of aromatic nitrogens is 2. The number of morpholine rings is 1. The number of hydrogen-bond acceptors (Lipinski definition) is 4. The van der Waals surface area contributed by atoms with Crippen LogP contribution in [0.1, 0.15) is 11.1 Å². The molecular weight excluding hydrogens is 376 g/mol. The first-order valence-corrected chi connectivity index (χ1v) is 9.59. The summed E-state index contributed by atoms with van der Waals surface area (Å²) in [4.78, 5) is 2.15. The van der Waals surface area contributed by atoms with Crippen LogP contribution in [-0.2, 0) is 11.3 Å². The van der Waals surface area contributed by atoms with Crippen LogP contribution in [0, 0.1) is 18.6 Å². The quantitative estimate of drug-likeness (QED) is 0.715. The molecule has 1 aromatic heterocycles. The van der Waals surface area contributed by atoms with Crippen molar-refractivity contribution in [2.75, 3.05) is 26.4 Å². The molecule has 1 saturated heterocycles. The van der Waals surface area contributed by atoms with Crippen molar-refractivity contribution in [3.05, 3.63) is 71.4 Å². The minimum atomic E-state index is -0.671. The van der Waals surface area contributed by atoms with Crippen LogP contribution in [-0.4, -0.2) is 52.2 Å². The van der Waals surface area contributed by atoms with Gasteiger partial charge in [0.25, 0.3) is 0 Å². The molecule has 4 rings (SSSR count). The highest BCUT2D eigenvalue weighted by atomic mass is 19.1. The first-order valence-electron chi connectivity index (χ1n) is 9.59. The summed E-state index contributed by atoms with van der Waals surface area (Å²) < 4.78 is 34.6. The molecule has 0 saturated carbocycles. The van der Waals surface area contributed by atoms with E-state index in [-0.39, 0.29) is 18.3 Å². The predicted molar refractivity (Wildman–Crippen MR) is 106 cm³/mol. The van der Waals surface area contributed by atoms with E-state index in [1.807, 2.05) is 31.2 Å². The lowest BCUT2D eigenvalue weighted by atomic mass is 10.0. The van der Waals surface area contributed by atoms with Crippen molar-refractivity contribution in [1.82, 2.24) is 14.7 Å². The second-order valence-corrected chi connectivity index (χ2v) is 7.24. The molecule has 0 aliphatic carbocycles. The average molecular weight is 399 g/mol. The maximum Gasteiger partial charge on any atom is 0.151 e. The SMILES string of the molecule is Cc1ccccc1-c1nn(-c2ccc(F)cc2F)cc1CN1CCOC[C@@H]1CO. The van der Waals surface area contributed by atoms with E-state index in [0.29, 0.717) is 26.3 Å². The van der Waals surface area contributed by atoms with Crippen LogP contribution >= 0.6 is 0 Å². The number of halogens is 2. The molecule has 2 heterocycles. The van der Waals surface area contributed by atoms with Crippen LogP contribution in [0.5, 0.6) is 0 Å². The molecule has 152 valence electrons. The summed E-state index contributed by atoms with van der Waals surface area (Å²) in [7, 11) is 0. The van der Waals surface area contributed by atoms with E-state index in [1.54, 1.807) is 6.20 Å². The van der Waals surface area contributed by atoms with E-state index in [2.05, 4.69) is 10.00 Å². The highest BCUT2D eigenvalue weighted by Crippen LogP contribution is 2.29. The van der Waals surface area contributed by atoms with Crippen molar-refractivity contribution < 1.29 is 18.6 Å². The van der Waals surface area contributed by atoms with Crippen LogP contribution < -0.4 is 0 Å². The first kappa shape index (κ1) is 19.7. The minimum absolute atomic E-state index is 0.000422. The van der Waals surface area contributed by atoms with Gasteiger partial charge in [-0.2, -0.15) is 5.10 Å². The Morgan fingerprint density at radius 3 is 2.79 bits per heavy atom. The molecule has 1 N–H and O–H groups in total. The summed E-state index contributed by atoms with van der Waals surface area (Å²) in [5.41, 5.74) is 3.85. The Kier molecular flexibility index (Phi) is 5.71. The van der Waals surface area contributed by atoms with Crippen LogP contribution in [0.3, 0.4) is 0 Å². The summed E-state index contributed by atoms with van der Waals surface area (Å²) in [6, 6.07) is 11.2. The molecule has 0 amide bonds. The predicted octanol–water partition coefficient (Wildman–Crippen LogP) is 3.32. The standard InChI is InChI=1S/C22H23F2N3O2/c1-15-4-2-3-5-19(15)22-16(11-26-8-9-29-14-18(26)13-28)12-27(25-22)21-7-6-17(23)10-20(21)24/h2-7,10,12,18,28H,8-9,11,13-14H2,1H3/t18-/m0/s1. The third-order valence-corrected chi connectivity index (χ3v) is 5.28. The Bertz CT molecular complexity index is 1010. The Balaban J connectivity index is 1.78. The third kappa shape index (κ3) is 4.07. The monoisotopic (exact) mass is 399 g/mol. The highest BCUT2D eigenvalue weighted by molar-refractivity contribution is 5.67. The van der Waals surface area contributed by atoms with Gasteiger partial charge in [0.05, 0.1) is 31.6 Å². The van der Waals surface area contributed by atoms with Gasteiger partial charge in [-0.1, -0.05) is 24.3 Å². The van der Waals surface area contributed by atoms with Crippen LogP contribution in [0.25, 0.3) is 16.9 Å². The fourth-order valence-electron chi connectivity index (χ4n) is 3.67. The molecule has 0 unspecified atom stereocenters. The second-order valence-electron chi connectivity index (χ2n) is 7.24. The Hall–Kier alpha value is -2.61. The fourth-order valence-corrected chi connectivity index (χ4v) is 3.67. The molecule has 0 bridgehead atoms. The van der Waals surface area contributed by atoms with Crippen molar-refractivity contribution in [2.24, 2.45) is 0 Å². The molecule has 29 heavy (non-hydrogen) atoms. The number of nitrogens with zero attached hydrogens (tertiary/aromatic N) is 3. The molecule has 7 heteroatoms. The second kappa shape index (κ2) is 8.41. The van der Waals surface area contributed by atoms with Crippen molar-refractivity contribution in [2.45, 2.75) is 19.5 Å². The van der Waals surface area contributed by atoms with Gasteiger partial charge >= 0.3 is 0 Å². The van der Waals surface area contributed by atoms with Crippen molar-refractivity contribution in [3.63, 3.8) is 0 Å². The molecular formula is C22H23F2N3O2. The zero-order chi connectivity index (χ0) is 20.4. The van der Waals surface area contributed by atoms with Crippen molar-refractivity contribution in [1.29, 1.82) is 0 Å². The largest absolute Gasteiger partial charge is 0.395 e. The molecule has 0 radical (unpaired) electrons. The normalized spacial score (nSPS) is 17.6. The van der Waals surface area contributed by atoms with Gasteiger partial charge in [0.1, 0.15) is 11.5 Å². The summed E-state index contributed by atoms with van der Waals surface area (Å²) >= 11 is 0. The first-order chi connectivity index (χ1) is 14.1. The smallest absolute Gasteiger partial charge is 0.151 e. The van der Waals surface area contributed by atoms with E-state index in [4.69, 9.17) is 4.74 Å². The van der Waals surface area contributed by atoms with Gasteiger partial charge < -0.3 is 9.84 Å². The molecule has 1 fully saturated rings. The number of hydrogen-bond donors (Lipinski definition) is 1. The number of benzene rings is 2. The number of aliphatic hydroxyl groups is 1. The molecule has 1 aliphatic heterocycles. The Morgan fingerprint density at radius 1 is 1.21 bits per heavy atom. The third-order valence-electron chi connectivity index (χ3n) is 5.28. The number of rotatable bonds is 5. The zero-order valence-electron chi connectivity index (χ0n) is 16.2. The average Bonchev–Trinajstić information content (AvgIpc) is 3.12. The van der Waals surface area contributed by atoms with E-state index in [9.17, 15) is 13.9 Å². The van der Waals surface area contributed by atoms with E-state index < -0.39 is 11.6 Å². The lowest BCUT2D eigenvalue weighted by molar-refractivity contribution is -0.0312. The maximum atomic E-state index is 14.4. The molecule has 0 spiro atoms. The minimum Gasteiger partial charge on any atom is -0.395 e. The van der Waals surface area contributed by atoms with E-state index >= 15 is 0 Å². The lowest BCUT2D eigenvalue weighted by Crippen LogP contribution is -2.46. The Morgan fingerprint density at radius 2 is 2.03 bits per heavy atom. The zero-order valence-corrected chi connectivity index (χ0v) is 16.2.